The van der Waals surface area contributed by atoms with E-state index in [-0.39, 0.29) is 11.6 Å². The largest absolute Gasteiger partial charge is 0.491 e. The molecule has 5 heterocycles. The van der Waals surface area contributed by atoms with Gasteiger partial charge < -0.3 is 15.0 Å². The van der Waals surface area contributed by atoms with Gasteiger partial charge in [-0.3, -0.25) is 4.90 Å². The molecule has 44 heavy (non-hydrogen) atoms. The van der Waals surface area contributed by atoms with Gasteiger partial charge in [0, 0.05) is 47.4 Å². The first kappa shape index (κ1) is 28.6. The summed E-state index contributed by atoms with van der Waals surface area (Å²) < 4.78 is 21.5. The van der Waals surface area contributed by atoms with Crippen LogP contribution in [0.1, 0.15) is 40.8 Å². The minimum atomic E-state index is -0.376. The lowest BCUT2D eigenvalue weighted by Crippen LogP contribution is -2.37. The molecule has 11 heteroatoms. The topological polar surface area (TPSA) is 79.3 Å². The summed E-state index contributed by atoms with van der Waals surface area (Å²) in [5.41, 5.74) is 3.93. The highest BCUT2D eigenvalue weighted by molar-refractivity contribution is 7.22. The molecule has 1 fully saturated rings. The van der Waals surface area contributed by atoms with Gasteiger partial charge in [-0.15, -0.1) is 21.5 Å². The van der Waals surface area contributed by atoms with Crippen LogP contribution in [0.25, 0.3) is 10.2 Å². The molecule has 2 aliphatic rings. The molecule has 0 aliphatic carbocycles. The first-order valence-electron chi connectivity index (χ1n) is 15.0. The number of para-hydroxylation sites is 1. The molecule has 2 aromatic carbocycles. The number of nitrogens with zero attached hydrogens (tertiary/aromatic N) is 6. The molecule has 3 aromatic heterocycles. The molecule has 5 aromatic rings. The summed E-state index contributed by atoms with van der Waals surface area (Å²) >= 11 is 3.27. The smallest absolute Gasteiger partial charge is 0.191 e. The molecule has 7 rings (SSSR count). The second-order valence-corrected chi connectivity index (χ2v) is 13.1. The minimum Gasteiger partial charge on any atom is -0.491 e. The van der Waals surface area contributed by atoms with Gasteiger partial charge in [0.05, 0.1) is 23.4 Å². The van der Waals surface area contributed by atoms with Crippen LogP contribution in [0.15, 0.2) is 48.7 Å². The Bertz CT molecular complexity index is 1820. The van der Waals surface area contributed by atoms with Crippen molar-refractivity contribution in [2.75, 3.05) is 43.0 Å². The van der Waals surface area contributed by atoms with Gasteiger partial charge in [0.15, 0.2) is 33.5 Å². The summed E-state index contributed by atoms with van der Waals surface area (Å²) in [6.45, 7) is 6.31. The van der Waals surface area contributed by atoms with E-state index in [0.717, 1.165) is 94.4 Å². The van der Waals surface area contributed by atoms with E-state index < -0.39 is 0 Å². The molecule has 0 spiro atoms. The Morgan fingerprint density at radius 1 is 1.07 bits per heavy atom. The van der Waals surface area contributed by atoms with Crippen molar-refractivity contribution in [3.8, 4) is 17.6 Å². The van der Waals surface area contributed by atoms with Crippen LogP contribution in [0.2, 0.25) is 0 Å². The molecule has 0 radical (unpaired) electrons. The van der Waals surface area contributed by atoms with Gasteiger partial charge in [0.25, 0.3) is 0 Å². The predicted molar refractivity (Wildman–Crippen MR) is 175 cm³/mol. The van der Waals surface area contributed by atoms with Crippen LogP contribution in [0.3, 0.4) is 0 Å². The molecule has 0 unspecified atom stereocenters. The van der Waals surface area contributed by atoms with Gasteiger partial charge in [-0.05, 0) is 69.4 Å². The maximum atomic E-state index is 14.6. The Morgan fingerprint density at radius 3 is 2.82 bits per heavy atom. The number of fused-ring (bicyclic) bond motifs is 2. The van der Waals surface area contributed by atoms with E-state index in [0.29, 0.717) is 12.2 Å². The SMILES string of the molecule is Cc1c(Nc2nc3ccccc3s2)nnc2c1CCCN2c1ncc(CCCOc2ccc(C#CCN3CCC3)cc2F)s1. The van der Waals surface area contributed by atoms with Crippen molar-refractivity contribution in [1.29, 1.82) is 0 Å². The Kier molecular flexibility index (Phi) is 8.37. The number of thiazole rings is 2. The average molecular weight is 626 g/mol. The molecule has 8 nitrogen and oxygen atoms in total. The zero-order valence-corrected chi connectivity index (χ0v) is 26.1. The normalized spacial score (nSPS) is 14.5. The molecule has 0 amide bonds. The zero-order chi connectivity index (χ0) is 29.9. The molecular formula is C33H32FN7OS2. The monoisotopic (exact) mass is 625 g/mol. The lowest BCUT2D eigenvalue weighted by molar-refractivity contribution is 0.207. The fourth-order valence-corrected chi connectivity index (χ4v) is 7.21. The predicted octanol–water partition coefficient (Wildman–Crippen LogP) is 6.89. The van der Waals surface area contributed by atoms with Gasteiger partial charge in [0.1, 0.15) is 0 Å². The number of likely N-dealkylation sites (tertiary alicyclic amines) is 1. The summed E-state index contributed by atoms with van der Waals surface area (Å²) in [5, 5.41) is 14.3. The van der Waals surface area contributed by atoms with Crippen molar-refractivity contribution in [3.05, 3.63) is 76.0 Å². The average Bonchev–Trinajstić information content (AvgIpc) is 3.65. The first-order valence-corrected chi connectivity index (χ1v) is 16.6. The number of nitrogens with one attached hydrogen (secondary N) is 1. The number of aryl methyl sites for hydroxylation is 1. The molecule has 0 saturated carbocycles. The quantitative estimate of drug-likeness (QED) is 0.140. The summed E-state index contributed by atoms with van der Waals surface area (Å²) in [6, 6.07) is 13.0. The third-order valence-corrected chi connectivity index (χ3v) is 9.95. The standard InChI is InChI=1S/C33H32FN7OS2/c1-22-25-10-5-18-41(31(25)39-38-30(22)37-32-36-27-11-2-3-12-29(27)44-32)33-35-21-24(43-33)9-6-19-42-28-14-13-23(20-26(28)34)8-4-15-40-16-7-17-40/h2-3,11-14,20-21H,5-7,9-10,15-19H2,1H3,(H,36,37,38). The lowest BCUT2D eigenvalue weighted by Gasteiger charge is -2.28. The number of benzene rings is 2. The van der Waals surface area contributed by atoms with Gasteiger partial charge in [0.2, 0.25) is 0 Å². The van der Waals surface area contributed by atoms with Crippen molar-refractivity contribution in [1.82, 2.24) is 25.1 Å². The van der Waals surface area contributed by atoms with Crippen LogP contribution in [0.4, 0.5) is 26.3 Å². The fraction of sp³-hybridized carbons (Fsp3) is 0.333. The van der Waals surface area contributed by atoms with Crippen molar-refractivity contribution >= 4 is 54.8 Å². The van der Waals surface area contributed by atoms with Crippen molar-refractivity contribution < 1.29 is 9.13 Å². The van der Waals surface area contributed by atoms with E-state index in [1.165, 1.54) is 18.1 Å². The molecule has 1 N–H and O–H groups in total. The van der Waals surface area contributed by atoms with E-state index >= 15 is 0 Å². The van der Waals surface area contributed by atoms with E-state index in [1.54, 1.807) is 28.7 Å². The molecule has 0 bridgehead atoms. The van der Waals surface area contributed by atoms with Crippen LogP contribution >= 0.6 is 22.7 Å². The van der Waals surface area contributed by atoms with Gasteiger partial charge >= 0.3 is 0 Å². The van der Waals surface area contributed by atoms with Crippen molar-refractivity contribution in [2.24, 2.45) is 0 Å². The third-order valence-electron chi connectivity index (χ3n) is 7.92. The third kappa shape index (κ3) is 6.24. The number of ether oxygens (including phenoxy) is 1. The van der Waals surface area contributed by atoms with Gasteiger partial charge in [-0.2, -0.15) is 0 Å². The summed E-state index contributed by atoms with van der Waals surface area (Å²) in [6.07, 6.45) is 6.67. The summed E-state index contributed by atoms with van der Waals surface area (Å²) in [4.78, 5) is 15.0. The maximum Gasteiger partial charge on any atom is 0.191 e. The molecule has 0 atom stereocenters. The second-order valence-electron chi connectivity index (χ2n) is 11.0. The first-order chi connectivity index (χ1) is 21.6. The highest BCUT2D eigenvalue weighted by Crippen LogP contribution is 2.38. The number of aromatic nitrogens is 4. The number of anilines is 4. The Labute approximate surface area is 263 Å². The van der Waals surface area contributed by atoms with Crippen LogP contribution < -0.4 is 15.0 Å². The van der Waals surface area contributed by atoms with E-state index in [1.807, 2.05) is 30.5 Å². The number of hydrogen-bond donors (Lipinski definition) is 1. The van der Waals surface area contributed by atoms with Crippen LogP contribution in [0, 0.1) is 24.6 Å². The number of hydrogen-bond acceptors (Lipinski definition) is 10. The zero-order valence-electron chi connectivity index (χ0n) is 24.5. The van der Waals surface area contributed by atoms with Crippen LogP contribution in [-0.4, -0.2) is 57.9 Å². The fourth-order valence-electron chi connectivity index (χ4n) is 5.37. The lowest BCUT2D eigenvalue weighted by atomic mass is 10.0. The maximum absolute atomic E-state index is 14.6. The molecule has 2 aliphatic heterocycles. The highest BCUT2D eigenvalue weighted by atomic mass is 32.1. The number of halogens is 1. The Balaban J connectivity index is 0.949. The van der Waals surface area contributed by atoms with Crippen molar-refractivity contribution in [3.63, 3.8) is 0 Å². The van der Waals surface area contributed by atoms with E-state index in [2.05, 4.69) is 55.1 Å². The Hall–Kier alpha value is -4.11. The molecule has 224 valence electrons. The Morgan fingerprint density at radius 2 is 1.98 bits per heavy atom. The van der Waals surface area contributed by atoms with Crippen LogP contribution in [0.5, 0.6) is 5.75 Å². The van der Waals surface area contributed by atoms with Gasteiger partial charge in [-0.25, -0.2) is 14.4 Å². The van der Waals surface area contributed by atoms with E-state index in [9.17, 15) is 4.39 Å². The summed E-state index contributed by atoms with van der Waals surface area (Å²) in [7, 11) is 0. The highest BCUT2D eigenvalue weighted by Gasteiger charge is 2.26. The molecular weight excluding hydrogens is 594 g/mol. The van der Waals surface area contributed by atoms with E-state index in [4.69, 9.17) is 9.72 Å². The number of rotatable bonds is 9. The van der Waals surface area contributed by atoms with Crippen LogP contribution in [-0.2, 0) is 12.8 Å². The summed E-state index contributed by atoms with van der Waals surface area (Å²) in [5.74, 6) is 7.66. The van der Waals surface area contributed by atoms with Gasteiger partial charge in [-0.1, -0.05) is 35.3 Å². The second kappa shape index (κ2) is 12.9. The minimum absolute atomic E-state index is 0.263. The van der Waals surface area contributed by atoms with Crippen molar-refractivity contribution in [2.45, 2.75) is 39.0 Å². The molecule has 1 saturated heterocycles.